The van der Waals surface area contributed by atoms with Crippen molar-refractivity contribution in [2.75, 3.05) is 12.1 Å². The monoisotopic (exact) mass is 385 g/mol. The van der Waals surface area contributed by atoms with Crippen LogP contribution in [0.5, 0.6) is 17.2 Å². The summed E-state index contributed by atoms with van der Waals surface area (Å²) in [6, 6.07) is 17.8. The Balaban J connectivity index is 1.32. The molecule has 0 saturated carbocycles. The van der Waals surface area contributed by atoms with Gasteiger partial charge >= 0.3 is 0 Å². The number of fused-ring (bicyclic) bond motifs is 1. The van der Waals surface area contributed by atoms with Crippen LogP contribution in [0.4, 0.5) is 10.1 Å². The van der Waals surface area contributed by atoms with E-state index in [1.807, 2.05) is 42.5 Å². The van der Waals surface area contributed by atoms with Gasteiger partial charge in [-0.1, -0.05) is 29.8 Å². The lowest BCUT2D eigenvalue weighted by Crippen LogP contribution is -2.00. The summed E-state index contributed by atoms with van der Waals surface area (Å²) in [6.45, 7) is 1.22. The Kier molecular flexibility index (Phi) is 5.03. The number of anilines is 1. The first kappa shape index (κ1) is 17.5. The second-order valence-corrected chi connectivity index (χ2v) is 6.50. The molecule has 3 aromatic carbocycles. The van der Waals surface area contributed by atoms with Gasteiger partial charge in [0, 0.05) is 23.9 Å². The van der Waals surface area contributed by atoms with E-state index in [2.05, 4.69) is 5.32 Å². The van der Waals surface area contributed by atoms with Crippen LogP contribution in [0.15, 0.2) is 60.7 Å². The van der Waals surface area contributed by atoms with Crippen LogP contribution in [0.2, 0.25) is 5.02 Å². The van der Waals surface area contributed by atoms with Crippen LogP contribution in [0.1, 0.15) is 11.1 Å². The van der Waals surface area contributed by atoms with Crippen molar-refractivity contribution < 1.29 is 18.6 Å². The number of halogens is 2. The van der Waals surface area contributed by atoms with E-state index in [9.17, 15) is 4.39 Å². The SMILES string of the molecule is Fc1ccc(COc2ccc(CNc3ccc4c(c3)OCO4)cc2)c(Cl)c1. The zero-order valence-electron chi connectivity index (χ0n) is 14.4. The molecule has 4 rings (SSSR count). The molecule has 4 nitrogen and oxygen atoms in total. The van der Waals surface area contributed by atoms with Crippen molar-refractivity contribution in [2.24, 2.45) is 0 Å². The van der Waals surface area contributed by atoms with Crippen LogP contribution >= 0.6 is 11.6 Å². The lowest BCUT2D eigenvalue weighted by Gasteiger charge is -2.10. The molecule has 0 unspecified atom stereocenters. The number of rotatable bonds is 6. The molecule has 6 heteroatoms. The van der Waals surface area contributed by atoms with Gasteiger partial charge in [-0.3, -0.25) is 0 Å². The van der Waals surface area contributed by atoms with Crippen molar-refractivity contribution in [1.29, 1.82) is 0 Å². The summed E-state index contributed by atoms with van der Waals surface area (Å²) < 4.78 is 29.5. The van der Waals surface area contributed by atoms with Gasteiger partial charge in [-0.15, -0.1) is 0 Å². The topological polar surface area (TPSA) is 39.7 Å². The molecular formula is C21H17ClFNO3. The zero-order chi connectivity index (χ0) is 18.6. The van der Waals surface area contributed by atoms with E-state index in [1.165, 1.54) is 12.1 Å². The maximum atomic E-state index is 13.1. The normalized spacial score (nSPS) is 12.1. The predicted molar refractivity (Wildman–Crippen MR) is 102 cm³/mol. The van der Waals surface area contributed by atoms with Gasteiger partial charge in [0.15, 0.2) is 11.5 Å². The molecule has 0 saturated heterocycles. The maximum absolute atomic E-state index is 13.1. The minimum atomic E-state index is -0.358. The minimum absolute atomic E-state index is 0.267. The van der Waals surface area contributed by atoms with Gasteiger partial charge in [-0.2, -0.15) is 0 Å². The molecule has 0 fully saturated rings. The summed E-state index contributed by atoms with van der Waals surface area (Å²) in [6.07, 6.45) is 0. The fourth-order valence-electron chi connectivity index (χ4n) is 2.71. The first-order valence-corrected chi connectivity index (χ1v) is 8.84. The van der Waals surface area contributed by atoms with Crippen LogP contribution in [0.3, 0.4) is 0 Å². The molecule has 0 aliphatic carbocycles. The molecule has 1 aliphatic rings. The average Bonchev–Trinajstić information content (AvgIpc) is 3.14. The summed E-state index contributed by atoms with van der Waals surface area (Å²) in [4.78, 5) is 0. The summed E-state index contributed by atoms with van der Waals surface area (Å²) in [5.41, 5.74) is 2.82. The second-order valence-electron chi connectivity index (χ2n) is 6.09. The van der Waals surface area contributed by atoms with E-state index >= 15 is 0 Å². The molecule has 0 atom stereocenters. The van der Waals surface area contributed by atoms with Crippen LogP contribution in [-0.2, 0) is 13.2 Å². The molecule has 138 valence electrons. The van der Waals surface area contributed by atoms with E-state index in [-0.39, 0.29) is 19.2 Å². The highest BCUT2D eigenvalue weighted by atomic mass is 35.5. The molecule has 1 N–H and O–H groups in total. The van der Waals surface area contributed by atoms with Gasteiger partial charge in [0.1, 0.15) is 18.2 Å². The number of ether oxygens (including phenoxy) is 3. The molecule has 0 aromatic heterocycles. The van der Waals surface area contributed by atoms with Crippen LogP contribution < -0.4 is 19.5 Å². The number of hydrogen-bond acceptors (Lipinski definition) is 4. The number of nitrogens with one attached hydrogen (secondary N) is 1. The zero-order valence-corrected chi connectivity index (χ0v) is 15.1. The van der Waals surface area contributed by atoms with Gasteiger partial charge in [-0.25, -0.2) is 4.39 Å². The number of hydrogen-bond donors (Lipinski definition) is 1. The second kappa shape index (κ2) is 7.76. The fourth-order valence-corrected chi connectivity index (χ4v) is 2.94. The Bertz CT molecular complexity index is 947. The van der Waals surface area contributed by atoms with Crippen LogP contribution in [0.25, 0.3) is 0 Å². The highest BCUT2D eigenvalue weighted by Crippen LogP contribution is 2.34. The van der Waals surface area contributed by atoms with Gasteiger partial charge in [0.25, 0.3) is 0 Å². The largest absolute Gasteiger partial charge is 0.489 e. The van der Waals surface area contributed by atoms with Gasteiger partial charge in [-0.05, 0) is 42.0 Å². The van der Waals surface area contributed by atoms with E-state index < -0.39 is 0 Å². The Morgan fingerprint density at radius 3 is 2.59 bits per heavy atom. The molecule has 27 heavy (non-hydrogen) atoms. The number of benzene rings is 3. The fraction of sp³-hybridized carbons (Fsp3) is 0.143. The lowest BCUT2D eigenvalue weighted by molar-refractivity contribution is 0.174. The molecule has 1 heterocycles. The van der Waals surface area contributed by atoms with Gasteiger partial charge < -0.3 is 19.5 Å². The summed E-state index contributed by atoms with van der Waals surface area (Å²) in [5, 5.41) is 3.71. The summed E-state index contributed by atoms with van der Waals surface area (Å²) in [7, 11) is 0. The van der Waals surface area contributed by atoms with Gasteiger partial charge in [0.05, 0.1) is 5.02 Å². The third-order valence-corrected chi connectivity index (χ3v) is 4.55. The Morgan fingerprint density at radius 1 is 0.963 bits per heavy atom. The standard InChI is InChI=1S/C21H17ClFNO3/c22-19-9-16(23)4-3-15(19)12-25-18-6-1-14(2-7-18)11-24-17-5-8-20-21(10-17)27-13-26-20/h1-10,24H,11-13H2. The third-order valence-electron chi connectivity index (χ3n) is 4.20. The molecule has 0 spiro atoms. The quantitative estimate of drug-likeness (QED) is 0.616. The first-order valence-electron chi connectivity index (χ1n) is 8.46. The third kappa shape index (κ3) is 4.26. The maximum Gasteiger partial charge on any atom is 0.231 e. The molecule has 0 amide bonds. The molecule has 0 radical (unpaired) electrons. The minimum Gasteiger partial charge on any atom is -0.489 e. The van der Waals surface area contributed by atoms with E-state index in [0.29, 0.717) is 11.6 Å². The molecular weight excluding hydrogens is 369 g/mol. The van der Waals surface area contributed by atoms with Crippen molar-refractivity contribution in [3.8, 4) is 17.2 Å². The Hall–Kier alpha value is -2.92. The van der Waals surface area contributed by atoms with Crippen molar-refractivity contribution in [2.45, 2.75) is 13.2 Å². The van der Waals surface area contributed by atoms with Crippen LogP contribution in [-0.4, -0.2) is 6.79 Å². The highest BCUT2D eigenvalue weighted by Gasteiger charge is 2.12. The van der Waals surface area contributed by atoms with Gasteiger partial charge in [0.2, 0.25) is 6.79 Å². The summed E-state index contributed by atoms with van der Waals surface area (Å²) >= 11 is 6.01. The van der Waals surface area contributed by atoms with Crippen LogP contribution in [0, 0.1) is 5.82 Å². The average molecular weight is 386 g/mol. The van der Waals surface area contributed by atoms with E-state index in [1.54, 1.807) is 6.07 Å². The molecule has 0 bridgehead atoms. The van der Waals surface area contributed by atoms with Crippen molar-refractivity contribution in [3.63, 3.8) is 0 Å². The van der Waals surface area contributed by atoms with E-state index in [4.69, 9.17) is 25.8 Å². The van der Waals surface area contributed by atoms with E-state index in [0.717, 1.165) is 34.1 Å². The molecule has 1 aliphatic heterocycles. The smallest absolute Gasteiger partial charge is 0.231 e. The Labute approximate surface area is 161 Å². The highest BCUT2D eigenvalue weighted by molar-refractivity contribution is 6.31. The summed E-state index contributed by atoms with van der Waals surface area (Å²) in [5.74, 6) is 1.89. The lowest BCUT2D eigenvalue weighted by atomic mass is 10.2. The van der Waals surface area contributed by atoms with Crippen molar-refractivity contribution >= 4 is 17.3 Å². The molecule has 3 aromatic rings. The first-order chi connectivity index (χ1) is 13.2. The van der Waals surface area contributed by atoms with Crippen molar-refractivity contribution in [1.82, 2.24) is 0 Å². The van der Waals surface area contributed by atoms with Crippen molar-refractivity contribution in [3.05, 3.63) is 82.6 Å². The predicted octanol–water partition coefficient (Wildman–Crippen LogP) is 5.40. The Morgan fingerprint density at radius 2 is 1.78 bits per heavy atom.